The first-order valence-corrected chi connectivity index (χ1v) is 5.69. The number of anilines is 1. The van der Waals surface area contributed by atoms with Gasteiger partial charge in [0.25, 0.3) is 0 Å². The number of nitrogens with one attached hydrogen (secondary N) is 1. The Morgan fingerprint density at radius 2 is 1.53 bits per heavy atom. The summed E-state index contributed by atoms with van der Waals surface area (Å²) in [5, 5.41) is 12.3. The molecule has 0 aliphatic heterocycles. The minimum absolute atomic E-state index is 0.0799. The minimum atomic E-state index is -0.986. The van der Waals surface area contributed by atoms with Crippen LogP contribution in [-0.4, -0.2) is 11.7 Å². The molecule has 19 heavy (non-hydrogen) atoms. The van der Waals surface area contributed by atoms with Gasteiger partial charge in [-0.3, -0.25) is 0 Å². The number of para-hydroxylation sites is 1. The summed E-state index contributed by atoms with van der Waals surface area (Å²) in [6.07, 6.45) is -0.986. The maximum absolute atomic E-state index is 13.3. The molecule has 2 rings (SSSR count). The fourth-order valence-corrected chi connectivity index (χ4v) is 1.67. The van der Waals surface area contributed by atoms with Crippen LogP contribution in [0.3, 0.4) is 0 Å². The van der Waals surface area contributed by atoms with Crippen LogP contribution >= 0.6 is 0 Å². The van der Waals surface area contributed by atoms with Crippen molar-refractivity contribution in [2.24, 2.45) is 0 Å². The number of hydrogen-bond donors (Lipinski definition) is 2. The highest BCUT2D eigenvalue weighted by molar-refractivity contribution is 5.46. The van der Waals surface area contributed by atoms with Crippen LogP contribution in [0.15, 0.2) is 42.5 Å². The second-order valence-corrected chi connectivity index (χ2v) is 4.04. The van der Waals surface area contributed by atoms with Crippen LogP contribution in [0.4, 0.5) is 18.9 Å². The number of halogens is 3. The highest BCUT2D eigenvalue weighted by atomic mass is 19.1. The topological polar surface area (TPSA) is 32.3 Å². The van der Waals surface area contributed by atoms with Gasteiger partial charge in [0.15, 0.2) is 0 Å². The van der Waals surface area contributed by atoms with E-state index in [1.807, 2.05) is 0 Å². The van der Waals surface area contributed by atoms with Crippen molar-refractivity contribution < 1.29 is 18.3 Å². The summed E-state index contributed by atoms with van der Waals surface area (Å²) in [6.45, 7) is -0.0799. The molecule has 0 amide bonds. The molecule has 1 atom stereocenters. The summed E-state index contributed by atoms with van der Waals surface area (Å²) in [5.41, 5.74) is 0.175. The average Bonchev–Trinajstić information content (AvgIpc) is 2.38. The summed E-state index contributed by atoms with van der Waals surface area (Å²) in [4.78, 5) is 0. The van der Waals surface area contributed by atoms with Crippen LogP contribution in [0.1, 0.15) is 11.7 Å². The van der Waals surface area contributed by atoms with E-state index >= 15 is 0 Å². The first kappa shape index (κ1) is 13.4. The Balaban J connectivity index is 2.04. The van der Waals surface area contributed by atoms with Gasteiger partial charge < -0.3 is 10.4 Å². The number of rotatable bonds is 4. The predicted molar refractivity (Wildman–Crippen MR) is 66.2 cm³/mol. The van der Waals surface area contributed by atoms with Gasteiger partial charge in [0.05, 0.1) is 6.10 Å². The number of benzene rings is 2. The van der Waals surface area contributed by atoms with E-state index in [0.29, 0.717) is 5.56 Å². The van der Waals surface area contributed by atoms with E-state index in [1.165, 1.54) is 30.3 Å². The lowest BCUT2D eigenvalue weighted by Gasteiger charge is -2.14. The first-order valence-electron chi connectivity index (χ1n) is 5.69. The highest BCUT2D eigenvalue weighted by Gasteiger charge is 2.11. The smallest absolute Gasteiger partial charge is 0.149 e. The molecule has 0 bridgehead atoms. The summed E-state index contributed by atoms with van der Waals surface area (Å²) in [7, 11) is 0. The molecule has 0 heterocycles. The third-order valence-corrected chi connectivity index (χ3v) is 2.69. The molecule has 0 aromatic heterocycles. The van der Waals surface area contributed by atoms with Crippen molar-refractivity contribution >= 4 is 5.69 Å². The Morgan fingerprint density at radius 1 is 0.947 bits per heavy atom. The number of aliphatic hydroxyl groups is 1. The van der Waals surface area contributed by atoms with Crippen molar-refractivity contribution in [3.63, 3.8) is 0 Å². The first-order chi connectivity index (χ1) is 9.08. The second kappa shape index (κ2) is 5.75. The van der Waals surface area contributed by atoms with E-state index in [9.17, 15) is 18.3 Å². The lowest BCUT2D eigenvalue weighted by atomic mass is 10.1. The molecule has 0 fully saturated rings. The van der Waals surface area contributed by atoms with Crippen LogP contribution in [0.2, 0.25) is 0 Å². The lowest BCUT2D eigenvalue weighted by Crippen LogP contribution is -2.14. The van der Waals surface area contributed by atoms with E-state index in [0.717, 1.165) is 12.1 Å². The zero-order valence-electron chi connectivity index (χ0n) is 9.91. The maximum Gasteiger partial charge on any atom is 0.149 e. The fraction of sp³-hybridized carbons (Fsp3) is 0.143. The molecule has 0 radical (unpaired) electrons. The maximum atomic E-state index is 13.3. The van der Waals surface area contributed by atoms with Crippen LogP contribution in [0, 0.1) is 17.5 Å². The van der Waals surface area contributed by atoms with Crippen LogP contribution in [0.25, 0.3) is 0 Å². The summed E-state index contributed by atoms with van der Waals surface area (Å²) in [5.74, 6) is -1.87. The third-order valence-electron chi connectivity index (χ3n) is 2.69. The van der Waals surface area contributed by atoms with Gasteiger partial charge >= 0.3 is 0 Å². The van der Waals surface area contributed by atoms with Crippen LogP contribution in [0.5, 0.6) is 0 Å². The summed E-state index contributed by atoms with van der Waals surface area (Å²) >= 11 is 0. The molecule has 0 aliphatic rings. The molecular formula is C14H12F3NO. The van der Waals surface area contributed by atoms with Gasteiger partial charge in [-0.1, -0.05) is 18.2 Å². The van der Waals surface area contributed by atoms with Gasteiger partial charge in [0, 0.05) is 6.54 Å². The van der Waals surface area contributed by atoms with Gasteiger partial charge in [-0.15, -0.1) is 0 Å². The zero-order valence-corrected chi connectivity index (χ0v) is 9.91. The molecule has 2 aromatic carbocycles. The Hall–Kier alpha value is -2.01. The SMILES string of the molecule is OC(CNc1c(F)cccc1F)c1ccc(F)cc1. The van der Waals surface area contributed by atoms with E-state index < -0.39 is 23.6 Å². The van der Waals surface area contributed by atoms with E-state index in [-0.39, 0.29) is 12.2 Å². The van der Waals surface area contributed by atoms with E-state index in [1.54, 1.807) is 0 Å². The molecule has 2 N–H and O–H groups in total. The normalized spacial score (nSPS) is 12.2. The average molecular weight is 267 g/mol. The molecule has 0 spiro atoms. The van der Waals surface area contributed by atoms with Gasteiger partial charge in [0.2, 0.25) is 0 Å². The standard InChI is InChI=1S/C14H12F3NO/c15-10-6-4-9(5-7-10)13(19)8-18-14-11(16)2-1-3-12(14)17/h1-7,13,18-19H,8H2. The highest BCUT2D eigenvalue weighted by Crippen LogP contribution is 2.20. The summed E-state index contributed by atoms with van der Waals surface area (Å²) in [6, 6.07) is 8.75. The number of aliphatic hydroxyl groups excluding tert-OH is 1. The molecular weight excluding hydrogens is 255 g/mol. The van der Waals surface area contributed by atoms with Crippen molar-refractivity contribution in [3.8, 4) is 0 Å². The van der Waals surface area contributed by atoms with E-state index in [2.05, 4.69) is 5.32 Å². The molecule has 2 nitrogen and oxygen atoms in total. The fourth-order valence-electron chi connectivity index (χ4n) is 1.67. The Kier molecular flexibility index (Phi) is 4.06. The molecule has 2 aromatic rings. The quantitative estimate of drug-likeness (QED) is 0.891. The van der Waals surface area contributed by atoms with Gasteiger partial charge in [-0.2, -0.15) is 0 Å². The van der Waals surface area contributed by atoms with Gasteiger partial charge in [-0.05, 0) is 29.8 Å². The minimum Gasteiger partial charge on any atom is -0.387 e. The second-order valence-electron chi connectivity index (χ2n) is 4.04. The van der Waals surface area contributed by atoms with Crippen molar-refractivity contribution in [1.29, 1.82) is 0 Å². The monoisotopic (exact) mass is 267 g/mol. The predicted octanol–water partition coefficient (Wildman–Crippen LogP) is 3.25. The van der Waals surface area contributed by atoms with Gasteiger partial charge in [0.1, 0.15) is 23.1 Å². The lowest BCUT2D eigenvalue weighted by molar-refractivity contribution is 0.191. The molecule has 0 saturated heterocycles. The molecule has 1 unspecified atom stereocenters. The molecule has 100 valence electrons. The van der Waals surface area contributed by atoms with Crippen LogP contribution < -0.4 is 5.32 Å². The molecule has 0 aliphatic carbocycles. The van der Waals surface area contributed by atoms with Crippen molar-refractivity contribution in [2.75, 3.05) is 11.9 Å². The van der Waals surface area contributed by atoms with Crippen molar-refractivity contribution in [1.82, 2.24) is 0 Å². The Labute approximate surface area is 108 Å². The summed E-state index contributed by atoms with van der Waals surface area (Å²) < 4.78 is 39.4. The van der Waals surface area contributed by atoms with Crippen molar-refractivity contribution in [2.45, 2.75) is 6.10 Å². The number of hydrogen-bond acceptors (Lipinski definition) is 2. The zero-order chi connectivity index (χ0) is 13.8. The van der Waals surface area contributed by atoms with E-state index in [4.69, 9.17) is 0 Å². The third kappa shape index (κ3) is 3.26. The van der Waals surface area contributed by atoms with Crippen LogP contribution in [-0.2, 0) is 0 Å². The van der Waals surface area contributed by atoms with Crippen molar-refractivity contribution in [3.05, 3.63) is 65.5 Å². The largest absolute Gasteiger partial charge is 0.387 e. The molecule has 0 saturated carbocycles. The Bertz CT molecular complexity index is 537. The Morgan fingerprint density at radius 3 is 2.11 bits per heavy atom. The van der Waals surface area contributed by atoms with Gasteiger partial charge in [-0.25, -0.2) is 13.2 Å². The molecule has 5 heteroatoms.